The first kappa shape index (κ1) is 12.0. The molecule has 2 N–H and O–H groups in total. The van der Waals surface area contributed by atoms with Gasteiger partial charge in [0.1, 0.15) is 0 Å². The third-order valence-electron chi connectivity index (χ3n) is 2.80. The average Bonchev–Trinajstić information content (AvgIpc) is 2.75. The molecule has 17 heavy (non-hydrogen) atoms. The number of nitrogens with zero attached hydrogens (tertiary/aromatic N) is 3. The van der Waals surface area contributed by atoms with Crippen LogP contribution in [0.25, 0.3) is 0 Å². The van der Waals surface area contributed by atoms with Crippen molar-refractivity contribution < 1.29 is 0 Å². The Labute approximate surface area is 105 Å². The molecule has 4 nitrogen and oxygen atoms in total. The van der Waals surface area contributed by atoms with Crippen LogP contribution in [0.15, 0.2) is 30.7 Å². The largest absolute Gasteiger partial charge is 0.375 e. The highest BCUT2D eigenvalue weighted by Crippen LogP contribution is 2.22. The third kappa shape index (κ3) is 3.01. The predicted molar refractivity (Wildman–Crippen MR) is 70.6 cm³/mol. The number of thiazole rings is 1. The molecule has 0 radical (unpaired) electrons. The number of pyridine rings is 1. The molecule has 0 bridgehead atoms. The molecule has 0 saturated heterocycles. The number of anilines is 1. The van der Waals surface area contributed by atoms with E-state index in [4.69, 9.17) is 5.73 Å². The molecule has 2 aromatic heterocycles. The van der Waals surface area contributed by atoms with Gasteiger partial charge in [0.05, 0.1) is 0 Å². The molecule has 1 atom stereocenters. The summed E-state index contributed by atoms with van der Waals surface area (Å²) in [6.45, 7) is 3.02. The van der Waals surface area contributed by atoms with Crippen LogP contribution in [0.1, 0.15) is 23.4 Å². The first-order valence-corrected chi connectivity index (χ1v) is 6.29. The Morgan fingerprint density at radius 3 is 2.88 bits per heavy atom. The van der Waals surface area contributed by atoms with Gasteiger partial charge in [0, 0.05) is 36.1 Å². The van der Waals surface area contributed by atoms with E-state index in [0.717, 1.165) is 6.54 Å². The number of nitrogen functional groups attached to an aromatic ring is 1. The van der Waals surface area contributed by atoms with E-state index in [-0.39, 0.29) is 0 Å². The van der Waals surface area contributed by atoms with Crippen molar-refractivity contribution in [1.29, 1.82) is 0 Å². The molecule has 2 aromatic rings. The van der Waals surface area contributed by atoms with Crippen LogP contribution in [-0.4, -0.2) is 21.9 Å². The molecule has 0 saturated carbocycles. The van der Waals surface area contributed by atoms with E-state index in [1.54, 1.807) is 6.20 Å². The van der Waals surface area contributed by atoms with E-state index >= 15 is 0 Å². The Kier molecular flexibility index (Phi) is 3.71. The van der Waals surface area contributed by atoms with Crippen molar-refractivity contribution in [3.05, 3.63) is 41.2 Å². The molecule has 0 aliphatic carbocycles. The van der Waals surface area contributed by atoms with Gasteiger partial charge in [0.2, 0.25) is 0 Å². The summed E-state index contributed by atoms with van der Waals surface area (Å²) in [5.74, 6) is 0. The Bertz CT molecular complexity index is 468. The molecule has 0 fully saturated rings. The standard InChI is InChI=1S/C12H16N4S/c1-9(10-4-3-5-14-6-10)16(2)8-11-7-15-12(13)17-11/h3-7,9H,8H2,1-2H3,(H2,13,15). The van der Waals surface area contributed by atoms with Gasteiger partial charge in [0.25, 0.3) is 0 Å². The van der Waals surface area contributed by atoms with Gasteiger partial charge < -0.3 is 5.73 Å². The monoisotopic (exact) mass is 248 g/mol. The molecule has 5 heteroatoms. The van der Waals surface area contributed by atoms with E-state index in [0.29, 0.717) is 11.2 Å². The molecule has 90 valence electrons. The van der Waals surface area contributed by atoms with Gasteiger partial charge in [0.15, 0.2) is 5.13 Å². The van der Waals surface area contributed by atoms with E-state index in [1.807, 2.05) is 18.5 Å². The molecule has 1 unspecified atom stereocenters. The molecular weight excluding hydrogens is 232 g/mol. The topological polar surface area (TPSA) is 55.0 Å². The van der Waals surface area contributed by atoms with Gasteiger partial charge in [-0.15, -0.1) is 11.3 Å². The van der Waals surface area contributed by atoms with Gasteiger partial charge >= 0.3 is 0 Å². The van der Waals surface area contributed by atoms with Crippen molar-refractivity contribution in [3.8, 4) is 0 Å². The van der Waals surface area contributed by atoms with Crippen LogP contribution >= 0.6 is 11.3 Å². The van der Waals surface area contributed by atoms with Crippen LogP contribution in [0.2, 0.25) is 0 Å². The molecule has 0 aromatic carbocycles. The SMILES string of the molecule is CC(c1cccnc1)N(C)Cc1cnc(N)s1. The predicted octanol–water partition coefficient (Wildman–Crippen LogP) is 2.31. The van der Waals surface area contributed by atoms with E-state index in [2.05, 4.69) is 34.9 Å². The van der Waals surface area contributed by atoms with Crippen molar-refractivity contribution in [1.82, 2.24) is 14.9 Å². The number of rotatable bonds is 4. The van der Waals surface area contributed by atoms with Gasteiger partial charge in [-0.05, 0) is 25.6 Å². The fraction of sp³-hybridized carbons (Fsp3) is 0.333. The van der Waals surface area contributed by atoms with E-state index in [1.165, 1.54) is 21.8 Å². The molecule has 0 aliphatic rings. The van der Waals surface area contributed by atoms with E-state index in [9.17, 15) is 0 Å². The van der Waals surface area contributed by atoms with Crippen LogP contribution < -0.4 is 5.73 Å². The average molecular weight is 248 g/mol. The molecular formula is C12H16N4S. The zero-order chi connectivity index (χ0) is 12.3. The number of nitrogens with two attached hydrogens (primary N) is 1. The highest BCUT2D eigenvalue weighted by molar-refractivity contribution is 7.15. The summed E-state index contributed by atoms with van der Waals surface area (Å²) in [5.41, 5.74) is 6.84. The Morgan fingerprint density at radius 1 is 1.47 bits per heavy atom. The maximum absolute atomic E-state index is 5.62. The van der Waals surface area contributed by atoms with Gasteiger partial charge in [-0.2, -0.15) is 0 Å². The minimum absolute atomic E-state index is 0.326. The fourth-order valence-corrected chi connectivity index (χ4v) is 2.40. The molecule has 0 aliphatic heterocycles. The van der Waals surface area contributed by atoms with Gasteiger partial charge in [-0.25, -0.2) is 4.98 Å². The molecule has 2 heterocycles. The smallest absolute Gasteiger partial charge is 0.180 e. The zero-order valence-corrected chi connectivity index (χ0v) is 10.8. The number of aromatic nitrogens is 2. The van der Waals surface area contributed by atoms with Gasteiger partial charge in [-0.3, -0.25) is 9.88 Å². The van der Waals surface area contributed by atoms with E-state index < -0.39 is 0 Å². The summed E-state index contributed by atoms with van der Waals surface area (Å²) < 4.78 is 0. The van der Waals surface area contributed by atoms with Crippen LogP contribution in [0.5, 0.6) is 0 Å². The molecule has 0 amide bonds. The minimum Gasteiger partial charge on any atom is -0.375 e. The van der Waals surface area contributed by atoms with Crippen LogP contribution in [0.4, 0.5) is 5.13 Å². The lowest BCUT2D eigenvalue weighted by molar-refractivity contribution is 0.255. The number of hydrogen-bond acceptors (Lipinski definition) is 5. The summed E-state index contributed by atoms with van der Waals surface area (Å²) in [5, 5.41) is 0.627. The third-order valence-corrected chi connectivity index (χ3v) is 3.62. The normalized spacial score (nSPS) is 12.9. The van der Waals surface area contributed by atoms with Crippen molar-refractivity contribution in [2.24, 2.45) is 0 Å². The Balaban J connectivity index is 2.03. The van der Waals surface area contributed by atoms with Crippen molar-refractivity contribution in [2.75, 3.05) is 12.8 Å². The second-order valence-electron chi connectivity index (χ2n) is 4.04. The van der Waals surface area contributed by atoms with Crippen LogP contribution in [-0.2, 0) is 6.54 Å². The number of hydrogen-bond donors (Lipinski definition) is 1. The quantitative estimate of drug-likeness (QED) is 0.902. The first-order valence-electron chi connectivity index (χ1n) is 5.47. The first-order chi connectivity index (χ1) is 8.16. The molecule has 0 spiro atoms. The van der Waals surface area contributed by atoms with Crippen LogP contribution in [0.3, 0.4) is 0 Å². The highest BCUT2D eigenvalue weighted by atomic mass is 32.1. The van der Waals surface area contributed by atoms with Crippen molar-refractivity contribution in [2.45, 2.75) is 19.5 Å². The maximum atomic E-state index is 5.62. The summed E-state index contributed by atoms with van der Waals surface area (Å²) in [4.78, 5) is 11.6. The maximum Gasteiger partial charge on any atom is 0.180 e. The van der Waals surface area contributed by atoms with Crippen molar-refractivity contribution in [3.63, 3.8) is 0 Å². The van der Waals surface area contributed by atoms with Crippen molar-refractivity contribution >= 4 is 16.5 Å². The highest BCUT2D eigenvalue weighted by Gasteiger charge is 2.12. The summed E-state index contributed by atoms with van der Waals surface area (Å²) in [7, 11) is 2.09. The summed E-state index contributed by atoms with van der Waals surface area (Å²) in [6, 6.07) is 4.38. The summed E-state index contributed by atoms with van der Waals surface area (Å²) in [6.07, 6.45) is 5.54. The van der Waals surface area contributed by atoms with Crippen LogP contribution in [0, 0.1) is 0 Å². The Hall–Kier alpha value is -1.46. The molecule has 2 rings (SSSR count). The lowest BCUT2D eigenvalue weighted by Crippen LogP contribution is -2.21. The van der Waals surface area contributed by atoms with Gasteiger partial charge in [-0.1, -0.05) is 6.07 Å². The summed E-state index contributed by atoms with van der Waals surface area (Å²) >= 11 is 1.54. The zero-order valence-electron chi connectivity index (χ0n) is 10.00. The second kappa shape index (κ2) is 5.25. The lowest BCUT2D eigenvalue weighted by atomic mass is 10.1. The lowest BCUT2D eigenvalue weighted by Gasteiger charge is -2.23. The Morgan fingerprint density at radius 2 is 2.29 bits per heavy atom. The minimum atomic E-state index is 0.326. The second-order valence-corrected chi connectivity index (χ2v) is 5.19. The fourth-order valence-electron chi connectivity index (χ4n) is 1.66.